The van der Waals surface area contributed by atoms with Crippen LogP contribution in [0.3, 0.4) is 0 Å². The smallest absolute Gasteiger partial charge is 0.262 e. The number of nitrogens with one attached hydrogen (secondary N) is 2. The van der Waals surface area contributed by atoms with Crippen LogP contribution in [0.25, 0.3) is 0 Å². The molecule has 162 valence electrons. The average Bonchev–Trinajstić information content (AvgIpc) is 3.18. The molecule has 1 aliphatic rings. The highest BCUT2D eigenvalue weighted by Gasteiger charge is 2.21. The van der Waals surface area contributed by atoms with E-state index in [-0.39, 0.29) is 22.7 Å². The molecular formula is C20H20N4O6S. The van der Waals surface area contributed by atoms with Crippen LogP contribution in [0.15, 0.2) is 51.9 Å². The zero-order chi connectivity index (χ0) is 21.8. The topological polar surface area (TPSA) is 133 Å². The molecule has 4 rings (SSSR count). The first-order valence-electron chi connectivity index (χ1n) is 9.51. The lowest BCUT2D eigenvalue weighted by atomic mass is 10.1. The van der Waals surface area contributed by atoms with Crippen LogP contribution in [0.5, 0.6) is 11.5 Å². The van der Waals surface area contributed by atoms with Gasteiger partial charge in [-0.25, -0.2) is 8.42 Å². The van der Waals surface area contributed by atoms with Crippen molar-refractivity contribution < 1.29 is 27.2 Å². The molecule has 0 bridgehead atoms. The highest BCUT2D eigenvalue weighted by molar-refractivity contribution is 7.92. The minimum atomic E-state index is -3.96. The second-order valence-electron chi connectivity index (χ2n) is 6.70. The van der Waals surface area contributed by atoms with Gasteiger partial charge in [-0.3, -0.25) is 9.52 Å². The SMILES string of the molecule is Cc1noc(CCNC(=O)c2ccccc2NS(=O)(=O)c2ccc3c(c2)OCCO3)n1. The van der Waals surface area contributed by atoms with E-state index >= 15 is 0 Å². The minimum Gasteiger partial charge on any atom is -0.486 e. The number of hydrogen-bond donors (Lipinski definition) is 2. The zero-order valence-electron chi connectivity index (χ0n) is 16.6. The van der Waals surface area contributed by atoms with Gasteiger partial charge >= 0.3 is 0 Å². The Morgan fingerprint density at radius 1 is 1.10 bits per heavy atom. The number of rotatable bonds is 7. The molecule has 0 radical (unpaired) electrons. The highest BCUT2D eigenvalue weighted by atomic mass is 32.2. The Kier molecular flexibility index (Phi) is 5.76. The van der Waals surface area contributed by atoms with E-state index in [1.165, 1.54) is 24.3 Å². The fourth-order valence-corrected chi connectivity index (χ4v) is 4.08. The third kappa shape index (κ3) is 4.77. The van der Waals surface area contributed by atoms with Crippen molar-refractivity contribution in [3.8, 4) is 11.5 Å². The van der Waals surface area contributed by atoms with Crippen LogP contribution in [0.2, 0.25) is 0 Å². The highest BCUT2D eigenvalue weighted by Crippen LogP contribution is 2.33. The maximum Gasteiger partial charge on any atom is 0.262 e. The summed E-state index contributed by atoms with van der Waals surface area (Å²) in [6.45, 7) is 2.71. The summed E-state index contributed by atoms with van der Waals surface area (Å²) in [4.78, 5) is 16.7. The number of para-hydroxylation sites is 1. The van der Waals surface area contributed by atoms with Gasteiger partial charge in [-0.2, -0.15) is 4.98 Å². The molecule has 0 saturated carbocycles. The van der Waals surface area contributed by atoms with Crippen LogP contribution < -0.4 is 19.5 Å². The number of amides is 1. The Balaban J connectivity index is 1.48. The summed E-state index contributed by atoms with van der Waals surface area (Å²) < 4.78 is 44.2. The first-order valence-corrected chi connectivity index (χ1v) is 11.0. The number of carbonyl (C=O) groups excluding carboxylic acids is 1. The van der Waals surface area contributed by atoms with E-state index in [9.17, 15) is 13.2 Å². The first-order chi connectivity index (χ1) is 14.9. The summed E-state index contributed by atoms with van der Waals surface area (Å²) in [6.07, 6.45) is 0.359. The van der Waals surface area contributed by atoms with Gasteiger partial charge < -0.3 is 19.3 Å². The molecule has 1 aliphatic heterocycles. The van der Waals surface area contributed by atoms with Crippen LogP contribution >= 0.6 is 0 Å². The van der Waals surface area contributed by atoms with Crippen LogP contribution in [0.4, 0.5) is 5.69 Å². The van der Waals surface area contributed by atoms with Gasteiger partial charge in [0.1, 0.15) is 13.2 Å². The molecule has 11 heteroatoms. The largest absolute Gasteiger partial charge is 0.486 e. The standard InChI is InChI=1S/C20H20N4O6S/c1-13-22-19(30-23-13)8-9-21-20(25)15-4-2-3-5-16(15)24-31(26,27)14-6-7-17-18(12-14)29-11-10-28-17/h2-7,12,24H,8-11H2,1H3,(H,21,25). The average molecular weight is 444 g/mol. The third-order valence-electron chi connectivity index (χ3n) is 4.43. The minimum absolute atomic E-state index is 0.00118. The number of sulfonamides is 1. The molecule has 3 aromatic rings. The molecule has 2 N–H and O–H groups in total. The summed E-state index contributed by atoms with van der Waals surface area (Å²) in [5.74, 6) is 1.33. The van der Waals surface area contributed by atoms with Gasteiger partial charge in [-0.15, -0.1) is 0 Å². The normalized spacial score (nSPS) is 12.9. The van der Waals surface area contributed by atoms with E-state index in [1.807, 2.05) is 0 Å². The molecule has 1 amide bonds. The van der Waals surface area contributed by atoms with E-state index in [0.717, 1.165) is 0 Å². The van der Waals surface area contributed by atoms with Crippen molar-refractivity contribution in [2.45, 2.75) is 18.2 Å². The summed E-state index contributed by atoms with van der Waals surface area (Å²) in [7, 11) is -3.96. The van der Waals surface area contributed by atoms with E-state index < -0.39 is 15.9 Å². The van der Waals surface area contributed by atoms with Gasteiger partial charge in [0.25, 0.3) is 15.9 Å². The van der Waals surface area contributed by atoms with Crippen molar-refractivity contribution >= 4 is 21.6 Å². The lowest BCUT2D eigenvalue weighted by molar-refractivity contribution is 0.0954. The summed E-state index contributed by atoms with van der Waals surface area (Å²) in [5, 5.41) is 6.42. The maximum atomic E-state index is 12.9. The molecule has 0 unspecified atom stereocenters. The van der Waals surface area contributed by atoms with E-state index in [1.54, 1.807) is 25.1 Å². The Morgan fingerprint density at radius 3 is 2.65 bits per heavy atom. The van der Waals surface area contributed by atoms with Crippen molar-refractivity contribution in [3.05, 3.63) is 59.7 Å². The number of benzene rings is 2. The van der Waals surface area contributed by atoms with Crippen molar-refractivity contribution in [2.24, 2.45) is 0 Å². The number of hydrogen-bond acceptors (Lipinski definition) is 8. The summed E-state index contributed by atoms with van der Waals surface area (Å²) in [6, 6.07) is 10.7. The monoisotopic (exact) mass is 444 g/mol. The van der Waals surface area contributed by atoms with Crippen molar-refractivity contribution in [2.75, 3.05) is 24.5 Å². The molecule has 31 heavy (non-hydrogen) atoms. The van der Waals surface area contributed by atoms with Gasteiger partial charge in [0, 0.05) is 19.0 Å². The number of nitrogens with zero attached hydrogens (tertiary/aromatic N) is 2. The molecule has 1 aromatic heterocycles. The van der Waals surface area contributed by atoms with Gasteiger partial charge in [0.15, 0.2) is 17.3 Å². The number of aryl methyl sites for hydroxylation is 1. The van der Waals surface area contributed by atoms with Crippen LogP contribution in [0, 0.1) is 6.92 Å². The molecule has 2 heterocycles. The quantitative estimate of drug-likeness (QED) is 0.565. The molecule has 10 nitrogen and oxygen atoms in total. The third-order valence-corrected chi connectivity index (χ3v) is 5.80. The van der Waals surface area contributed by atoms with Crippen LogP contribution in [-0.2, 0) is 16.4 Å². The van der Waals surface area contributed by atoms with Crippen molar-refractivity contribution in [1.82, 2.24) is 15.5 Å². The summed E-state index contributed by atoms with van der Waals surface area (Å²) >= 11 is 0. The molecule has 0 atom stereocenters. The Bertz CT molecular complexity index is 1210. The predicted octanol–water partition coefficient (Wildman–Crippen LogP) is 1.92. The summed E-state index contributed by atoms with van der Waals surface area (Å²) in [5.41, 5.74) is 0.342. The fraction of sp³-hybridized carbons (Fsp3) is 0.250. The first kappa shape index (κ1) is 20.7. The second kappa shape index (κ2) is 8.64. The van der Waals surface area contributed by atoms with Crippen LogP contribution in [-0.4, -0.2) is 44.2 Å². The Hall–Kier alpha value is -3.60. The Morgan fingerprint density at radius 2 is 1.87 bits per heavy atom. The fourth-order valence-electron chi connectivity index (χ4n) is 2.98. The lowest BCUT2D eigenvalue weighted by Gasteiger charge is -2.19. The second-order valence-corrected chi connectivity index (χ2v) is 8.38. The number of aromatic nitrogens is 2. The Labute approximate surface area is 178 Å². The zero-order valence-corrected chi connectivity index (χ0v) is 17.4. The number of ether oxygens (including phenoxy) is 2. The molecule has 0 spiro atoms. The predicted molar refractivity (Wildman–Crippen MR) is 110 cm³/mol. The van der Waals surface area contributed by atoms with E-state index in [2.05, 4.69) is 20.2 Å². The van der Waals surface area contributed by atoms with E-state index in [0.29, 0.717) is 42.8 Å². The van der Waals surface area contributed by atoms with Gasteiger partial charge in [0.05, 0.1) is 16.1 Å². The van der Waals surface area contributed by atoms with Gasteiger partial charge in [0.2, 0.25) is 5.89 Å². The maximum absolute atomic E-state index is 12.9. The number of anilines is 1. The van der Waals surface area contributed by atoms with Gasteiger partial charge in [-0.1, -0.05) is 17.3 Å². The molecule has 0 saturated heterocycles. The number of fused-ring (bicyclic) bond motifs is 1. The van der Waals surface area contributed by atoms with Gasteiger partial charge in [-0.05, 0) is 31.2 Å². The van der Waals surface area contributed by atoms with Crippen LogP contribution in [0.1, 0.15) is 22.1 Å². The lowest BCUT2D eigenvalue weighted by Crippen LogP contribution is -2.27. The molecule has 0 aliphatic carbocycles. The number of carbonyl (C=O) groups is 1. The van der Waals surface area contributed by atoms with Crippen molar-refractivity contribution in [1.29, 1.82) is 0 Å². The van der Waals surface area contributed by atoms with E-state index in [4.69, 9.17) is 14.0 Å². The molecule has 0 fully saturated rings. The van der Waals surface area contributed by atoms with Crippen molar-refractivity contribution in [3.63, 3.8) is 0 Å². The molecule has 2 aromatic carbocycles. The molecular weight excluding hydrogens is 424 g/mol.